The second-order valence-electron chi connectivity index (χ2n) is 5.58. The normalized spacial score (nSPS) is 11.1. The molecule has 0 N–H and O–H groups in total. The molecule has 0 bridgehead atoms. The number of nitrogens with zero attached hydrogens (tertiary/aromatic N) is 5. The molecule has 0 unspecified atom stereocenters. The number of hydrogen-bond donors (Lipinski definition) is 0. The molecular formula is C19H13N5O4. The Labute approximate surface area is 159 Å². The number of nitro groups is 2. The maximum atomic E-state index is 10.9. The molecule has 9 heteroatoms. The van der Waals surface area contributed by atoms with Gasteiger partial charge in [0, 0.05) is 42.9 Å². The molecule has 9 nitrogen and oxygen atoms in total. The minimum absolute atomic E-state index is 0.0254. The van der Waals surface area contributed by atoms with Crippen LogP contribution in [0.4, 0.5) is 22.7 Å². The van der Waals surface area contributed by atoms with Crippen LogP contribution in [0, 0.1) is 20.2 Å². The standard InChI is InChI=1S/C19H13N5O4/c25-23(26)16-5-1-3-14(9-16)11-21-18-7-8-20-13-19(18)22-12-15-4-2-6-17(10-15)24(27)28/h1-13H. The Morgan fingerprint density at radius 3 is 1.86 bits per heavy atom. The fourth-order valence-electron chi connectivity index (χ4n) is 2.31. The second kappa shape index (κ2) is 8.41. The van der Waals surface area contributed by atoms with E-state index in [0.29, 0.717) is 22.5 Å². The number of aliphatic imine (C=N–C) groups is 2. The molecule has 138 valence electrons. The van der Waals surface area contributed by atoms with E-state index in [1.165, 1.54) is 42.9 Å². The first kappa shape index (κ1) is 18.5. The molecule has 0 aliphatic carbocycles. The Bertz CT molecular complexity index is 1010. The molecular weight excluding hydrogens is 362 g/mol. The van der Waals surface area contributed by atoms with E-state index in [1.54, 1.807) is 36.5 Å². The van der Waals surface area contributed by atoms with Crippen LogP contribution in [-0.2, 0) is 0 Å². The maximum absolute atomic E-state index is 10.9. The molecule has 3 aromatic rings. The van der Waals surface area contributed by atoms with Gasteiger partial charge in [0.2, 0.25) is 0 Å². The molecule has 0 saturated carbocycles. The molecule has 0 atom stereocenters. The lowest BCUT2D eigenvalue weighted by Crippen LogP contribution is -1.89. The summed E-state index contributed by atoms with van der Waals surface area (Å²) >= 11 is 0. The first-order valence-corrected chi connectivity index (χ1v) is 8.04. The molecule has 28 heavy (non-hydrogen) atoms. The van der Waals surface area contributed by atoms with Crippen LogP contribution in [0.3, 0.4) is 0 Å². The number of hydrogen-bond acceptors (Lipinski definition) is 7. The van der Waals surface area contributed by atoms with Gasteiger partial charge in [-0.2, -0.15) is 0 Å². The lowest BCUT2D eigenvalue weighted by atomic mass is 10.2. The van der Waals surface area contributed by atoms with Gasteiger partial charge in [0.05, 0.1) is 21.7 Å². The molecule has 1 heterocycles. The molecule has 0 spiro atoms. The van der Waals surface area contributed by atoms with Crippen molar-refractivity contribution in [2.45, 2.75) is 0 Å². The van der Waals surface area contributed by atoms with Crippen LogP contribution in [0.25, 0.3) is 0 Å². The van der Waals surface area contributed by atoms with Crippen LogP contribution < -0.4 is 0 Å². The zero-order chi connectivity index (χ0) is 19.9. The largest absolute Gasteiger partial charge is 0.270 e. The van der Waals surface area contributed by atoms with E-state index >= 15 is 0 Å². The molecule has 0 aliphatic heterocycles. The number of aromatic nitrogens is 1. The van der Waals surface area contributed by atoms with Gasteiger partial charge in [-0.1, -0.05) is 24.3 Å². The molecule has 2 aromatic carbocycles. The third kappa shape index (κ3) is 4.67. The zero-order valence-corrected chi connectivity index (χ0v) is 14.4. The van der Waals surface area contributed by atoms with Gasteiger partial charge in [-0.15, -0.1) is 0 Å². The maximum Gasteiger partial charge on any atom is 0.270 e. The Balaban J connectivity index is 1.85. The fraction of sp³-hybridized carbons (Fsp3) is 0. The lowest BCUT2D eigenvalue weighted by Gasteiger charge is -2.00. The summed E-state index contributed by atoms with van der Waals surface area (Å²) in [6.45, 7) is 0. The average molecular weight is 375 g/mol. The fourth-order valence-corrected chi connectivity index (χ4v) is 2.31. The van der Waals surface area contributed by atoms with Crippen LogP contribution in [0.5, 0.6) is 0 Å². The molecule has 0 radical (unpaired) electrons. The first-order valence-electron chi connectivity index (χ1n) is 8.04. The summed E-state index contributed by atoms with van der Waals surface area (Å²) in [5.74, 6) is 0. The highest BCUT2D eigenvalue weighted by atomic mass is 16.6. The van der Waals surface area contributed by atoms with E-state index in [4.69, 9.17) is 0 Å². The van der Waals surface area contributed by atoms with E-state index in [-0.39, 0.29) is 11.4 Å². The SMILES string of the molecule is O=[N+]([O-])c1cccc(C=Nc2ccncc2N=Cc2cccc([N+](=O)[O-])c2)c1. The Kier molecular flexibility index (Phi) is 5.56. The lowest BCUT2D eigenvalue weighted by molar-refractivity contribution is -0.385. The highest BCUT2D eigenvalue weighted by Crippen LogP contribution is 2.26. The third-order valence-corrected chi connectivity index (χ3v) is 3.65. The summed E-state index contributed by atoms with van der Waals surface area (Å²) in [4.78, 5) is 33.4. The summed E-state index contributed by atoms with van der Waals surface area (Å²) < 4.78 is 0. The summed E-state index contributed by atoms with van der Waals surface area (Å²) in [6, 6.07) is 13.8. The van der Waals surface area contributed by atoms with Gasteiger partial charge in [-0.3, -0.25) is 35.2 Å². The van der Waals surface area contributed by atoms with Crippen molar-refractivity contribution in [3.05, 3.63) is 98.3 Å². The van der Waals surface area contributed by atoms with E-state index < -0.39 is 9.85 Å². The van der Waals surface area contributed by atoms with Crippen LogP contribution in [0.2, 0.25) is 0 Å². The van der Waals surface area contributed by atoms with Gasteiger partial charge >= 0.3 is 0 Å². The summed E-state index contributed by atoms with van der Waals surface area (Å²) in [5.41, 5.74) is 2.03. The molecule has 1 aromatic heterocycles. The highest BCUT2D eigenvalue weighted by molar-refractivity contribution is 5.87. The van der Waals surface area contributed by atoms with Crippen molar-refractivity contribution in [2.75, 3.05) is 0 Å². The van der Waals surface area contributed by atoms with E-state index in [9.17, 15) is 20.2 Å². The minimum atomic E-state index is -0.476. The Morgan fingerprint density at radius 1 is 0.786 bits per heavy atom. The van der Waals surface area contributed by atoms with E-state index in [1.807, 2.05) is 0 Å². The number of non-ortho nitro benzene ring substituents is 2. The monoisotopic (exact) mass is 375 g/mol. The second-order valence-corrected chi connectivity index (χ2v) is 5.58. The van der Waals surface area contributed by atoms with Gasteiger partial charge in [0.1, 0.15) is 5.69 Å². The Hall–Kier alpha value is -4.27. The average Bonchev–Trinajstić information content (AvgIpc) is 2.71. The van der Waals surface area contributed by atoms with Crippen molar-refractivity contribution in [1.29, 1.82) is 0 Å². The minimum Gasteiger partial charge on any atom is -0.262 e. The van der Waals surface area contributed by atoms with E-state index in [2.05, 4.69) is 15.0 Å². The van der Waals surface area contributed by atoms with Gasteiger partial charge in [0.25, 0.3) is 11.4 Å². The van der Waals surface area contributed by atoms with Crippen LogP contribution >= 0.6 is 0 Å². The van der Waals surface area contributed by atoms with Gasteiger partial charge in [0.15, 0.2) is 0 Å². The van der Waals surface area contributed by atoms with Gasteiger partial charge in [-0.25, -0.2) is 0 Å². The number of rotatable bonds is 6. The summed E-state index contributed by atoms with van der Waals surface area (Å²) in [5, 5.41) is 21.7. The predicted molar refractivity (Wildman–Crippen MR) is 105 cm³/mol. The zero-order valence-electron chi connectivity index (χ0n) is 14.4. The summed E-state index contributed by atoms with van der Waals surface area (Å²) in [7, 11) is 0. The van der Waals surface area contributed by atoms with Crippen molar-refractivity contribution in [3.8, 4) is 0 Å². The third-order valence-electron chi connectivity index (χ3n) is 3.65. The molecule has 0 amide bonds. The topological polar surface area (TPSA) is 124 Å². The first-order chi connectivity index (χ1) is 13.5. The Morgan fingerprint density at radius 2 is 1.32 bits per heavy atom. The van der Waals surface area contributed by atoms with Gasteiger partial charge in [-0.05, 0) is 17.2 Å². The van der Waals surface area contributed by atoms with Crippen LogP contribution in [0.1, 0.15) is 11.1 Å². The smallest absolute Gasteiger partial charge is 0.262 e. The molecule has 0 saturated heterocycles. The highest BCUT2D eigenvalue weighted by Gasteiger charge is 2.06. The molecule has 0 aliphatic rings. The van der Waals surface area contributed by atoms with E-state index in [0.717, 1.165) is 0 Å². The van der Waals surface area contributed by atoms with Crippen molar-refractivity contribution in [3.63, 3.8) is 0 Å². The van der Waals surface area contributed by atoms with Gasteiger partial charge < -0.3 is 0 Å². The number of benzene rings is 2. The quantitative estimate of drug-likeness (QED) is 0.359. The van der Waals surface area contributed by atoms with Crippen molar-refractivity contribution >= 4 is 35.2 Å². The van der Waals surface area contributed by atoms with Crippen molar-refractivity contribution < 1.29 is 9.85 Å². The number of pyridine rings is 1. The predicted octanol–water partition coefficient (Wildman–Crippen LogP) is 4.40. The molecule has 0 fully saturated rings. The van der Waals surface area contributed by atoms with Crippen molar-refractivity contribution in [2.24, 2.45) is 9.98 Å². The summed E-state index contributed by atoms with van der Waals surface area (Å²) in [6.07, 6.45) is 6.03. The molecule has 3 rings (SSSR count). The van der Waals surface area contributed by atoms with Crippen molar-refractivity contribution in [1.82, 2.24) is 4.98 Å². The van der Waals surface area contributed by atoms with Crippen LogP contribution in [-0.4, -0.2) is 27.3 Å². The van der Waals surface area contributed by atoms with Crippen LogP contribution in [0.15, 0.2) is 77.0 Å². The number of nitro benzene ring substituents is 2.